The summed E-state index contributed by atoms with van der Waals surface area (Å²) in [5.74, 6) is 0.392. The van der Waals surface area contributed by atoms with Crippen LogP contribution in [-0.2, 0) is 17.8 Å². The lowest BCUT2D eigenvalue weighted by molar-refractivity contribution is -0.137. The number of para-hydroxylation sites is 1. The molecule has 0 bridgehead atoms. The van der Waals surface area contributed by atoms with Gasteiger partial charge in [0.05, 0.1) is 6.54 Å². The lowest BCUT2D eigenvalue weighted by atomic mass is 10.1. The van der Waals surface area contributed by atoms with Gasteiger partial charge in [0.25, 0.3) is 0 Å². The van der Waals surface area contributed by atoms with Gasteiger partial charge in [-0.15, -0.1) is 0 Å². The summed E-state index contributed by atoms with van der Waals surface area (Å²) in [6.45, 7) is 5.75. The number of nitrogens with zero attached hydrogens (tertiary/aromatic N) is 4. The zero-order valence-corrected chi connectivity index (χ0v) is 14.5. The Morgan fingerprint density at radius 2 is 2.12 bits per heavy atom. The predicted molar refractivity (Wildman–Crippen MR) is 93.4 cm³/mol. The Morgan fingerprint density at radius 3 is 2.84 bits per heavy atom. The molecule has 2 aromatic rings. The highest BCUT2D eigenvalue weighted by Crippen LogP contribution is 2.20. The molecule has 0 spiro atoms. The van der Waals surface area contributed by atoms with Gasteiger partial charge < -0.3 is 14.5 Å². The van der Waals surface area contributed by atoms with E-state index in [1.165, 1.54) is 5.69 Å². The van der Waals surface area contributed by atoms with Gasteiger partial charge in [0.15, 0.2) is 5.82 Å². The number of aliphatic carboxylic acids is 1. The summed E-state index contributed by atoms with van der Waals surface area (Å²) in [6.07, 6.45) is 1.15. The molecule has 7 heteroatoms. The van der Waals surface area contributed by atoms with E-state index >= 15 is 0 Å². The van der Waals surface area contributed by atoms with E-state index in [9.17, 15) is 4.79 Å². The average Bonchev–Trinajstić information content (AvgIpc) is 3.03. The highest BCUT2D eigenvalue weighted by molar-refractivity contribution is 5.66. The molecule has 1 saturated heterocycles. The molecule has 134 valence electrons. The first kappa shape index (κ1) is 17.4. The summed E-state index contributed by atoms with van der Waals surface area (Å²) in [4.78, 5) is 19.7. The number of carbonyl (C=O) groups is 1. The van der Waals surface area contributed by atoms with Crippen molar-refractivity contribution in [3.63, 3.8) is 0 Å². The molecule has 1 N–H and O–H groups in total. The highest BCUT2D eigenvalue weighted by Gasteiger charge is 2.24. The maximum atomic E-state index is 10.5. The molecular weight excluding hydrogens is 320 g/mol. The number of hydrogen-bond donors (Lipinski definition) is 1. The SMILES string of the molecule is CC1CN(Cc2noc(CCCC(=O)O)n2)CCN1c1ccccc1. The van der Waals surface area contributed by atoms with Crippen molar-refractivity contribution in [1.29, 1.82) is 0 Å². The molecule has 1 aromatic carbocycles. The first-order valence-electron chi connectivity index (χ1n) is 8.69. The maximum Gasteiger partial charge on any atom is 0.303 e. The lowest BCUT2D eigenvalue weighted by Crippen LogP contribution is -2.51. The largest absolute Gasteiger partial charge is 0.481 e. The van der Waals surface area contributed by atoms with Crippen LogP contribution in [0.25, 0.3) is 0 Å². The Balaban J connectivity index is 1.50. The van der Waals surface area contributed by atoms with Crippen LogP contribution in [0.5, 0.6) is 0 Å². The Bertz CT molecular complexity index is 689. The standard InChI is InChI=1S/C18H24N4O3/c1-14-12-21(10-11-22(14)15-6-3-2-4-7-15)13-16-19-17(25-20-16)8-5-9-18(23)24/h2-4,6-7,14H,5,8-13H2,1H3,(H,23,24). The summed E-state index contributed by atoms with van der Waals surface area (Å²) in [5, 5.41) is 12.7. The van der Waals surface area contributed by atoms with Crippen LogP contribution in [0.2, 0.25) is 0 Å². The van der Waals surface area contributed by atoms with Crippen molar-refractivity contribution in [3.05, 3.63) is 42.0 Å². The van der Waals surface area contributed by atoms with Crippen LogP contribution in [0.4, 0.5) is 5.69 Å². The Hall–Kier alpha value is -2.41. The maximum absolute atomic E-state index is 10.5. The van der Waals surface area contributed by atoms with Gasteiger partial charge in [0.2, 0.25) is 5.89 Å². The van der Waals surface area contributed by atoms with Gasteiger partial charge >= 0.3 is 5.97 Å². The lowest BCUT2D eigenvalue weighted by Gasteiger charge is -2.40. The molecule has 1 fully saturated rings. The highest BCUT2D eigenvalue weighted by atomic mass is 16.5. The van der Waals surface area contributed by atoms with Crippen LogP contribution in [0, 0.1) is 0 Å². The number of hydrogen-bond acceptors (Lipinski definition) is 6. The van der Waals surface area contributed by atoms with Crippen LogP contribution in [0.1, 0.15) is 31.5 Å². The smallest absolute Gasteiger partial charge is 0.303 e. The van der Waals surface area contributed by atoms with Crippen molar-refractivity contribution in [2.75, 3.05) is 24.5 Å². The number of rotatable bonds is 7. The van der Waals surface area contributed by atoms with E-state index in [2.05, 4.69) is 51.1 Å². The van der Waals surface area contributed by atoms with E-state index in [0.717, 1.165) is 19.6 Å². The van der Waals surface area contributed by atoms with E-state index < -0.39 is 5.97 Å². The van der Waals surface area contributed by atoms with Gasteiger partial charge in [-0.3, -0.25) is 9.69 Å². The van der Waals surface area contributed by atoms with Crippen molar-refractivity contribution < 1.29 is 14.4 Å². The number of carboxylic acid groups (broad SMARTS) is 1. The third-order valence-corrected chi connectivity index (χ3v) is 4.46. The number of aryl methyl sites for hydroxylation is 1. The fraction of sp³-hybridized carbons (Fsp3) is 0.500. The van der Waals surface area contributed by atoms with Gasteiger partial charge in [-0.1, -0.05) is 23.4 Å². The monoisotopic (exact) mass is 344 g/mol. The van der Waals surface area contributed by atoms with E-state index in [-0.39, 0.29) is 6.42 Å². The van der Waals surface area contributed by atoms with Crippen LogP contribution in [0.3, 0.4) is 0 Å². The van der Waals surface area contributed by atoms with Crippen molar-refractivity contribution in [3.8, 4) is 0 Å². The number of aromatic nitrogens is 2. The Morgan fingerprint density at radius 1 is 1.32 bits per heavy atom. The van der Waals surface area contributed by atoms with Gasteiger partial charge in [0, 0.05) is 44.2 Å². The first-order chi connectivity index (χ1) is 12.1. The summed E-state index contributed by atoms with van der Waals surface area (Å²) >= 11 is 0. The van der Waals surface area contributed by atoms with Crippen molar-refractivity contribution in [1.82, 2.24) is 15.0 Å². The normalized spacial score (nSPS) is 18.4. The summed E-state index contributed by atoms with van der Waals surface area (Å²) < 4.78 is 5.21. The van der Waals surface area contributed by atoms with Gasteiger partial charge in [-0.05, 0) is 25.5 Å². The second kappa shape index (κ2) is 8.11. The fourth-order valence-corrected chi connectivity index (χ4v) is 3.23. The third kappa shape index (κ3) is 4.79. The van der Waals surface area contributed by atoms with Crippen molar-refractivity contribution >= 4 is 11.7 Å². The van der Waals surface area contributed by atoms with Crippen molar-refractivity contribution in [2.24, 2.45) is 0 Å². The van der Waals surface area contributed by atoms with Crippen molar-refractivity contribution in [2.45, 2.75) is 38.8 Å². The summed E-state index contributed by atoms with van der Waals surface area (Å²) in [5.41, 5.74) is 1.26. The quantitative estimate of drug-likeness (QED) is 0.824. The predicted octanol–water partition coefficient (Wildman–Crippen LogP) is 2.19. The van der Waals surface area contributed by atoms with Crippen LogP contribution in [-0.4, -0.2) is 51.8 Å². The molecule has 1 aromatic heterocycles. The number of piperazine rings is 1. The molecule has 0 amide bonds. The Labute approximate surface area is 147 Å². The minimum atomic E-state index is -0.801. The second-order valence-electron chi connectivity index (χ2n) is 6.46. The molecule has 2 heterocycles. The second-order valence-corrected chi connectivity index (χ2v) is 6.46. The molecule has 0 saturated carbocycles. The molecule has 1 atom stereocenters. The van der Waals surface area contributed by atoms with Gasteiger partial charge in [-0.2, -0.15) is 4.98 Å². The Kier molecular flexibility index (Phi) is 5.65. The zero-order valence-electron chi connectivity index (χ0n) is 14.5. The molecule has 1 aliphatic rings. The zero-order chi connectivity index (χ0) is 17.6. The van der Waals surface area contributed by atoms with E-state index in [0.29, 0.717) is 37.1 Å². The van der Waals surface area contributed by atoms with Crippen LogP contribution >= 0.6 is 0 Å². The minimum Gasteiger partial charge on any atom is -0.481 e. The van der Waals surface area contributed by atoms with E-state index in [1.54, 1.807) is 0 Å². The third-order valence-electron chi connectivity index (χ3n) is 4.46. The first-order valence-corrected chi connectivity index (χ1v) is 8.69. The van der Waals surface area contributed by atoms with Crippen LogP contribution in [0.15, 0.2) is 34.9 Å². The topological polar surface area (TPSA) is 82.7 Å². The molecule has 0 radical (unpaired) electrons. The number of anilines is 1. The number of carboxylic acids is 1. The molecule has 7 nitrogen and oxygen atoms in total. The van der Waals surface area contributed by atoms with Crippen LogP contribution < -0.4 is 4.90 Å². The minimum absolute atomic E-state index is 0.122. The molecule has 1 aliphatic heterocycles. The molecular formula is C18H24N4O3. The summed E-state index contributed by atoms with van der Waals surface area (Å²) in [7, 11) is 0. The average molecular weight is 344 g/mol. The van der Waals surface area contributed by atoms with E-state index in [4.69, 9.17) is 9.63 Å². The number of benzene rings is 1. The van der Waals surface area contributed by atoms with E-state index in [1.807, 2.05) is 6.07 Å². The molecule has 25 heavy (non-hydrogen) atoms. The molecule has 1 unspecified atom stereocenters. The van der Waals surface area contributed by atoms with Gasteiger partial charge in [-0.25, -0.2) is 0 Å². The molecule has 3 rings (SSSR count). The summed E-state index contributed by atoms with van der Waals surface area (Å²) in [6, 6.07) is 10.9. The van der Waals surface area contributed by atoms with Gasteiger partial charge in [0.1, 0.15) is 0 Å². The fourth-order valence-electron chi connectivity index (χ4n) is 3.23. The molecule has 0 aliphatic carbocycles.